The van der Waals surface area contributed by atoms with Crippen LogP contribution in [-0.4, -0.2) is 58.6 Å². The molecule has 0 saturated heterocycles. The van der Waals surface area contributed by atoms with Gasteiger partial charge in [0.15, 0.2) is 6.10 Å². The molecule has 0 heterocycles. The standard InChI is InChI=1S/C16H28O8/c1-2-3-4-5-6-7-8-15(21)23-10-12(17)11-24-16(22)13(18)9-14(19)20/h12-13,17-18H,2-11H2,1H3,(H,19,20)/t12?,13-/m0/s1. The molecule has 0 rings (SSSR count). The third-order valence-corrected chi connectivity index (χ3v) is 3.23. The highest BCUT2D eigenvalue weighted by atomic mass is 16.6. The van der Waals surface area contributed by atoms with Crippen LogP contribution in [-0.2, 0) is 23.9 Å². The number of aliphatic hydroxyl groups is 2. The molecule has 0 fully saturated rings. The summed E-state index contributed by atoms with van der Waals surface area (Å²) in [5, 5.41) is 27.1. The zero-order valence-corrected chi connectivity index (χ0v) is 14.1. The van der Waals surface area contributed by atoms with Crippen molar-refractivity contribution in [3.05, 3.63) is 0 Å². The molecule has 3 N–H and O–H groups in total. The number of hydrogen-bond donors (Lipinski definition) is 3. The third-order valence-electron chi connectivity index (χ3n) is 3.23. The maximum Gasteiger partial charge on any atom is 0.335 e. The lowest BCUT2D eigenvalue weighted by Gasteiger charge is -2.13. The van der Waals surface area contributed by atoms with Crippen LogP contribution in [0.3, 0.4) is 0 Å². The molecule has 0 aliphatic carbocycles. The van der Waals surface area contributed by atoms with E-state index in [4.69, 9.17) is 9.84 Å². The van der Waals surface area contributed by atoms with Crippen LogP contribution in [0.5, 0.6) is 0 Å². The lowest BCUT2D eigenvalue weighted by Crippen LogP contribution is -2.31. The van der Waals surface area contributed by atoms with E-state index in [1.54, 1.807) is 0 Å². The number of carbonyl (C=O) groups excluding carboxylic acids is 2. The molecule has 0 aliphatic heterocycles. The molecule has 8 nitrogen and oxygen atoms in total. The number of aliphatic carboxylic acids is 1. The molecule has 8 heteroatoms. The van der Waals surface area contributed by atoms with Gasteiger partial charge in [0.2, 0.25) is 0 Å². The van der Waals surface area contributed by atoms with Gasteiger partial charge in [0.1, 0.15) is 19.3 Å². The molecular weight excluding hydrogens is 320 g/mol. The van der Waals surface area contributed by atoms with E-state index in [0.29, 0.717) is 0 Å². The average Bonchev–Trinajstić information content (AvgIpc) is 2.53. The Bertz CT molecular complexity index is 382. The molecule has 0 spiro atoms. The molecule has 0 radical (unpaired) electrons. The first-order valence-corrected chi connectivity index (χ1v) is 8.27. The van der Waals surface area contributed by atoms with Gasteiger partial charge in [-0.1, -0.05) is 39.0 Å². The van der Waals surface area contributed by atoms with Crippen molar-refractivity contribution in [2.24, 2.45) is 0 Å². The number of esters is 2. The van der Waals surface area contributed by atoms with Crippen LogP contribution in [0, 0.1) is 0 Å². The normalized spacial score (nSPS) is 13.1. The van der Waals surface area contributed by atoms with Crippen molar-refractivity contribution in [2.75, 3.05) is 13.2 Å². The zero-order chi connectivity index (χ0) is 18.4. The molecule has 0 aliphatic rings. The van der Waals surface area contributed by atoms with Crippen molar-refractivity contribution in [3.63, 3.8) is 0 Å². The number of rotatable bonds is 14. The van der Waals surface area contributed by atoms with E-state index in [1.807, 2.05) is 0 Å². The number of carbonyl (C=O) groups is 3. The smallest absolute Gasteiger partial charge is 0.335 e. The number of carboxylic acids is 1. The van der Waals surface area contributed by atoms with Crippen LogP contribution in [0.25, 0.3) is 0 Å². The highest BCUT2D eigenvalue weighted by Gasteiger charge is 2.21. The molecule has 0 aromatic rings. The number of aliphatic hydroxyl groups excluding tert-OH is 2. The van der Waals surface area contributed by atoms with Crippen LogP contribution in [0.4, 0.5) is 0 Å². The molecule has 0 amide bonds. The van der Waals surface area contributed by atoms with Gasteiger partial charge in [-0.25, -0.2) is 4.79 Å². The van der Waals surface area contributed by atoms with Gasteiger partial charge in [-0.2, -0.15) is 0 Å². The molecule has 0 bridgehead atoms. The fourth-order valence-electron chi connectivity index (χ4n) is 1.88. The summed E-state index contributed by atoms with van der Waals surface area (Å²) in [6.07, 6.45) is 2.77. The quantitative estimate of drug-likeness (QED) is 0.313. The lowest BCUT2D eigenvalue weighted by atomic mass is 10.1. The van der Waals surface area contributed by atoms with Gasteiger partial charge in [-0.15, -0.1) is 0 Å². The minimum absolute atomic E-state index is 0.274. The van der Waals surface area contributed by atoms with E-state index < -0.39 is 43.1 Å². The highest BCUT2D eigenvalue weighted by Crippen LogP contribution is 2.07. The van der Waals surface area contributed by atoms with Crippen molar-refractivity contribution >= 4 is 17.9 Å². The van der Waals surface area contributed by atoms with Crippen molar-refractivity contribution in [2.45, 2.75) is 70.5 Å². The number of carboxylic acid groups (broad SMARTS) is 1. The Labute approximate surface area is 141 Å². The first-order chi connectivity index (χ1) is 11.4. The van der Waals surface area contributed by atoms with E-state index in [9.17, 15) is 24.6 Å². The minimum Gasteiger partial charge on any atom is -0.481 e. The Kier molecular flexibility index (Phi) is 12.8. The highest BCUT2D eigenvalue weighted by molar-refractivity contribution is 5.80. The summed E-state index contributed by atoms with van der Waals surface area (Å²) in [6, 6.07) is 0. The topological polar surface area (TPSA) is 130 Å². The van der Waals surface area contributed by atoms with Gasteiger partial charge >= 0.3 is 17.9 Å². The maximum atomic E-state index is 11.5. The molecule has 1 unspecified atom stereocenters. The summed E-state index contributed by atoms with van der Waals surface area (Å²) >= 11 is 0. The van der Waals surface area contributed by atoms with Crippen molar-refractivity contribution in [1.29, 1.82) is 0 Å². The van der Waals surface area contributed by atoms with Gasteiger partial charge < -0.3 is 24.8 Å². The molecule has 0 saturated carbocycles. The van der Waals surface area contributed by atoms with Crippen molar-refractivity contribution in [1.82, 2.24) is 0 Å². The van der Waals surface area contributed by atoms with Crippen LogP contribution >= 0.6 is 0 Å². The van der Waals surface area contributed by atoms with Crippen molar-refractivity contribution < 1.29 is 39.2 Å². The molecular formula is C16H28O8. The predicted molar refractivity (Wildman–Crippen MR) is 84.2 cm³/mol. The minimum atomic E-state index is -1.79. The van der Waals surface area contributed by atoms with E-state index in [1.165, 1.54) is 6.42 Å². The first-order valence-electron chi connectivity index (χ1n) is 8.27. The monoisotopic (exact) mass is 348 g/mol. The van der Waals surface area contributed by atoms with E-state index >= 15 is 0 Å². The van der Waals surface area contributed by atoms with Gasteiger partial charge in [-0.05, 0) is 6.42 Å². The fourth-order valence-corrected chi connectivity index (χ4v) is 1.88. The fraction of sp³-hybridized carbons (Fsp3) is 0.812. The van der Waals surface area contributed by atoms with E-state index in [-0.39, 0.29) is 13.0 Å². The molecule has 0 aromatic heterocycles. The zero-order valence-electron chi connectivity index (χ0n) is 14.1. The van der Waals surface area contributed by atoms with Gasteiger partial charge in [-0.3, -0.25) is 9.59 Å². The summed E-state index contributed by atoms with van der Waals surface area (Å²) in [7, 11) is 0. The Morgan fingerprint density at radius 1 is 0.917 bits per heavy atom. The maximum absolute atomic E-state index is 11.5. The summed E-state index contributed by atoms with van der Waals surface area (Å²) in [5.74, 6) is -2.92. The van der Waals surface area contributed by atoms with Crippen LogP contribution < -0.4 is 0 Å². The number of unbranched alkanes of at least 4 members (excludes halogenated alkanes) is 5. The molecule has 0 aromatic carbocycles. The second kappa shape index (κ2) is 13.7. The van der Waals surface area contributed by atoms with Crippen LogP contribution in [0.2, 0.25) is 0 Å². The Balaban J connectivity index is 3.70. The molecule has 24 heavy (non-hydrogen) atoms. The van der Waals surface area contributed by atoms with E-state index in [2.05, 4.69) is 11.7 Å². The predicted octanol–water partition coefficient (Wildman–Crippen LogP) is 1.02. The summed E-state index contributed by atoms with van der Waals surface area (Å²) < 4.78 is 9.39. The van der Waals surface area contributed by atoms with Crippen molar-refractivity contribution in [3.8, 4) is 0 Å². The van der Waals surface area contributed by atoms with Gasteiger partial charge in [0.25, 0.3) is 0 Å². The SMILES string of the molecule is CCCCCCCCC(=O)OCC(O)COC(=O)[C@@H](O)CC(=O)O. The van der Waals surface area contributed by atoms with Crippen LogP contribution in [0.1, 0.15) is 58.3 Å². The lowest BCUT2D eigenvalue weighted by molar-refractivity contribution is -0.162. The van der Waals surface area contributed by atoms with Gasteiger partial charge in [0.05, 0.1) is 6.42 Å². The summed E-state index contributed by atoms with van der Waals surface area (Å²) in [5.41, 5.74) is 0. The van der Waals surface area contributed by atoms with E-state index in [0.717, 1.165) is 32.1 Å². The second-order valence-corrected chi connectivity index (χ2v) is 5.60. The summed E-state index contributed by atoms with van der Waals surface area (Å²) in [4.78, 5) is 33.0. The molecule has 2 atom stereocenters. The number of hydrogen-bond acceptors (Lipinski definition) is 7. The molecule has 140 valence electrons. The summed E-state index contributed by atoms with van der Waals surface area (Å²) in [6.45, 7) is 1.32. The Hall–Kier alpha value is -1.67. The second-order valence-electron chi connectivity index (χ2n) is 5.60. The first kappa shape index (κ1) is 22.3. The largest absolute Gasteiger partial charge is 0.481 e. The average molecular weight is 348 g/mol. The Morgan fingerprint density at radius 3 is 2.12 bits per heavy atom. The van der Waals surface area contributed by atoms with Crippen LogP contribution in [0.15, 0.2) is 0 Å². The number of ether oxygens (including phenoxy) is 2. The Morgan fingerprint density at radius 2 is 1.50 bits per heavy atom. The third kappa shape index (κ3) is 12.8. The van der Waals surface area contributed by atoms with Gasteiger partial charge in [0, 0.05) is 6.42 Å².